The second-order valence-electron chi connectivity index (χ2n) is 6.04. The molecule has 2 saturated heterocycles. The molecule has 112 valence electrons. The Morgan fingerprint density at radius 2 is 2.11 bits per heavy atom. The Bertz CT molecular complexity index is 280. The van der Waals surface area contributed by atoms with Crippen molar-refractivity contribution in [2.24, 2.45) is 0 Å². The monoisotopic (exact) mass is 290 g/mol. The van der Waals surface area contributed by atoms with E-state index in [0.717, 1.165) is 51.7 Å². The van der Waals surface area contributed by atoms with Crippen LogP contribution in [0.2, 0.25) is 0 Å². The summed E-state index contributed by atoms with van der Waals surface area (Å²) < 4.78 is 13.4. The third-order valence-corrected chi connectivity index (χ3v) is 4.73. The van der Waals surface area contributed by atoms with Crippen molar-refractivity contribution in [2.75, 3.05) is 26.2 Å². The van der Waals surface area contributed by atoms with Crippen LogP contribution in [0.15, 0.2) is 0 Å². The molecule has 1 N–H and O–H groups in total. The van der Waals surface area contributed by atoms with E-state index in [1.165, 1.54) is 0 Å². The van der Waals surface area contributed by atoms with E-state index >= 15 is 0 Å². The summed E-state index contributed by atoms with van der Waals surface area (Å²) in [5.74, 6) is 0. The van der Waals surface area contributed by atoms with Gasteiger partial charge in [-0.2, -0.15) is 12.6 Å². The van der Waals surface area contributed by atoms with Crippen LogP contribution in [0.5, 0.6) is 0 Å². The van der Waals surface area contributed by atoms with Crippen molar-refractivity contribution in [3.63, 3.8) is 0 Å². The van der Waals surface area contributed by atoms with E-state index in [4.69, 9.17) is 0 Å². The number of hydrogen-bond donors (Lipinski definition) is 2. The highest BCUT2D eigenvalue weighted by Gasteiger charge is 2.30. The summed E-state index contributed by atoms with van der Waals surface area (Å²) in [6, 6.07) is 0.482. The molecule has 4 atom stereocenters. The number of alkyl halides is 1. The minimum Gasteiger partial charge on any atom is -0.392 e. The molecule has 0 bridgehead atoms. The Balaban J connectivity index is 1.80. The van der Waals surface area contributed by atoms with E-state index in [9.17, 15) is 9.50 Å². The lowest BCUT2D eigenvalue weighted by molar-refractivity contribution is 0.0230. The van der Waals surface area contributed by atoms with Gasteiger partial charge in [0.15, 0.2) is 0 Å². The van der Waals surface area contributed by atoms with Gasteiger partial charge in [-0.1, -0.05) is 0 Å². The Kier molecular flexibility index (Phi) is 5.93. The molecule has 0 aliphatic carbocycles. The topological polar surface area (TPSA) is 26.7 Å². The van der Waals surface area contributed by atoms with Gasteiger partial charge in [-0.3, -0.25) is 4.90 Å². The number of aliphatic hydroxyl groups is 1. The molecule has 3 nitrogen and oxygen atoms in total. The zero-order valence-corrected chi connectivity index (χ0v) is 12.7. The predicted octanol–water partition coefficient (Wildman–Crippen LogP) is 1.91. The van der Waals surface area contributed by atoms with Gasteiger partial charge < -0.3 is 10.0 Å². The molecule has 0 aromatic rings. The molecule has 0 radical (unpaired) electrons. The van der Waals surface area contributed by atoms with Gasteiger partial charge in [-0.15, -0.1) is 0 Å². The Hall–Kier alpha value is 0.160. The van der Waals surface area contributed by atoms with Gasteiger partial charge in [0, 0.05) is 19.1 Å². The molecule has 2 fully saturated rings. The van der Waals surface area contributed by atoms with Crippen LogP contribution >= 0.6 is 12.6 Å². The first-order valence-electron chi connectivity index (χ1n) is 7.54. The van der Waals surface area contributed by atoms with E-state index in [1.54, 1.807) is 0 Å². The lowest BCUT2D eigenvalue weighted by Gasteiger charge is -2.41. The number of rotatable bonds is 4. The molecule has 2 aliphatic rings. The standard InChI is InChI=1S/C14H27FN2OS/c1-11(19)17-10-14(18)5-4-13(17)6-8-16-7-2-3-12(15)9-16/h11-14,18-19H,2-10H2,1H3/t11?,12?,13?,14-/m1/s1. The fraction of sp³-hybridized carbons (Fsp3) is 1.00. The highest BCUT2D eigenvalue weighted by Crippen LogP contribution is 2.24. The normalized spacial score (nSPS) is 36.3. The fourth-order valence-corrected chi connectivity index (χ4v) is 3.62. The van der Waals surface area contributed by atoms with Crippen LogP contribution in [0, 0.1) is 0 Å². The van der Waals surface area contributed by atoms with Gasteiger partial charge in [0.25, 0.3) is 0 Å². The Morgan fingerprint density at radius 3 is 2.79 bits per heavy atom. The number of piperidine rings is 2. The maximum absolute atomic E-state index is 13.4. The highest BCUT2D eigenvalue weighted by atomic mass is 32.1. The van der Waals surface area contributed by atoms with Crippen molar-refractivity contribution in [3.8, 4) is 0 Å². The third-order valence-electron chi connectivity index (χ3n) is 4.43. The second-order valence-corrected chi connectivity index (χ2v) is 6.79. The van der Waals surface area contributed by atoms with E-state index in [0.29, 0.717) is 12.6 Å². The zero-order valence-electron chi connectivity index (χ0n) is 11.8. The van der Waals surface area contributed by atoms with Gasteiger partial charge in [0.1, 0.15) is 6.17 Å². The molecule has 0 spiro atoms. The van der Waals surface area contributed by atoms with Crippen molar-refractivity contribution < 1.29 is 9.50 Å². The van der Waals surface area contributed by atoms with Gasteiger partial charge >= 0.3 is 0 Å². The average molecular weight is 290 g/mol. The summed E-state index contributed by atoms with van der Waals surface area (Å²) >= 11 is 4.52. The molecule has 0 aromatic heterocycles. The lowest BCUT2D eigenvalue weighted by Crippen LogP contribution is -2.49. The fourth-order valence-electron chi connectivity index (χ4n) is 3.34. The number of β-amino-alcohol motifs (C(OH)–C–C–N with tert-alkyl or cyclic N) is 1. The molecule has 3 unspecified atom stereocenters. The molecule has 0 saturated carbocycles. The van der Waals surface area contributed by atoms with E-state index < -0.39 is 6.17 Å². The average Bonchev–Trinajstić information content (AvgIpc) is 2.37. The Morgan fingerprint density at radius 1 is 1.32 bits per heavy atom. The van der Waals surface area contributed by atoms with Gasteiger partial charge in [0.2, 0.25) is 0 Å². The molecule has 0 amide bonds. The summed E-state index contributed by atoms with van der Waals surface area (Å²) in [4.78, 5) is 4.54. The number of nitrogens with zero attached hydrogens (tertiary/aromatic N) is 2. The third kappa shape index (κ3) is 4.59. The molecule has 2 aliphatic heterocycles. The molecule has 2 heterocycles. The molecular weight excluding hydrogens is 263 g/mol. The highest BCUT2D eigenvalue weighted by molar-refractivity contribution is 7.80. The predicted molar refractivity (Wildman–Crippen MR) is 79.4 cm³/mol. The number of hydrogen-bond acceptors (Lipinski definition) is 4. The molecule has 19 heavy (non-hydrogen) atoms. The Labute approximate surface area is 121 Å². The molecule has 5 heteroatoms. The van der Waals surface area contributed by atoms with Crippen LogP contribution in [-0.4, -0.2) is 64.8 Å². The first-order valence-corrected chi connectivity index (χ1v) is 8.06. The van der Waals surface area contributed by atoms with Crippen LogP contribution in [0.1, 0.15) is 39.0 Å². The van der Waals surface area contributed by atoms with Crippen LogP contribution in [0.25, 0.3) is 0 Å². The quantitative estimate of drug-likeness (QED) is 0.774. The summed E-state index contributed by atoms with van der Waals surface area (Å²) in [5, 5.41) is 9.94. The van der Waals surface area contributed by atoms with Crippen LogP contribution in [0.4, 0.5) is 4.39 Å². The largest absolute Gasteiger partial charge is 0.392 e. The van der Waals surface area contributed by atoms with Crippen molar-refractivity contribution >= 4 is 12.6 Å². The van der Waals surface area contributed by atoms with Crippen molar-refractivity contribution in [3.05, 3.63) is 0 Å². The smallest absolute Gasteiger partial charge is 0.113 e. The first-order chi connectivity index (χ1) is 9.06. The van der Waals surface area contributed by atoms with E-state index in [-0.39, 0.29) is 11.5 Å². The van der Waals surface area contributed by atoms with E-state index in [2.05, 4.69) is 29.4 Å². The molecular formula is C14H27FN2OS. The number of likely N-dealkylation sites (tertiary alicyclic amines) is 2. The summed E-state index contributed by atoms with van der Waals surface area (Å²) in [5.41, 5.74) is 0. The summed E-state index contributed by atoms with van der Waals surface area (Å²) in [6.45, 7) is 5.39. The number of thiol groups is 1. The van der Waals surface area contributed by atoms with Gasteiger partial charge in [-0.05, 0) is 52.1 Å². The lowest BCUT2D eigenvalue weighted by atomic mass is 9.97. The van der Waals surface area contributed by atoms with Crippen molar-refractivity contribution in [1.29, 1.82) is 0 Å². The van der Waals surface area contributed by atoms with Gasteiger partial charge in [-0.25, -0.2) is 4.39 Å². The van der Waals surface area contributed by atoms with Crippen LogP contribution < -0.4 is 0 Å². The minimum absolute atomic E-state index is 0.176. The van der Waals surface area contributed by atoms with Gasteiger partial charge in [0.05, 0.1) is 11.5 Å². The maximum Gasteiger partial charge on any atom is 0.113 e. The minimum atomic E-state index is -0.637. The van der Waals surface area contributed by atoms with Crippen LogP contribution in [0.3, 0.4) is 0 Å². The van der Waals surface area contributed by atoms with Crippen LogP contribution in [-0.2, 0) is 0 Å². The second kappa shape index (κ2) is 7.25. The molecule has 0 aromatic carbocycles. The van der Waals surface area contributed by atoms with Crippen molar-refractivity contribution in [2.45, 2.75) is 62.7 Å². The summed E-state index contributed by atoms with van der Waals surface area (Å²) in [7, 11) is 0. The zero-order chi connectivity index (χ0) is 13.8. The maximum atomic E-state index is 13.4. The SMILES string of the molecule is CC(S)N1C[C@H](O)CCC1CCN1CCCC(F)C1. The summed E-state index contributed by atoms with van der Waals surface area (Å²) in [6.07, 6.45) is 3.83. The molecule has 2 rings (SSSR count). The number of aliphatic hydroxyl groups excluding tert-OH is 1. The number of halogens is 1. The first kappa shape index (κ1) is 15.5. The van der Waals surface area contributed by atoms with E-state index in [1.807, 2.05) is 0 Å². The van der Waals surface area contributed by atoms with Crippen molar-refractivity contribution in [1.82, 2.24) is 9.80 Å².